The number of carbonyl (C=O) groups is 2. The minimum atomic E-state index is -1.04. The summed E-state index contributed by atoms with van der Waals surface area (Å²) in [6.07, 6.45) is 4.26. The largest absolute Gasteiger partial charge is 0.481 e. The highest BCUT2D eigenvalue weighted by atomic mass is 19.1. The second-order valence-electron chi connectivity index (χ2n) is 5.45. The van der Waals surface area contributed by atoms with Gasteiger partial charge in [-0.2, -0.15) is 0 Å². The number of benzene rings is 1. The summed E-state index contributed by atoms with van der Waals surface area (Å²) < 4.78 is 26.7. The van der Waals surface area contributed by atoms with Crippen molar-refractivity contribution < 1.29 is 23.5 Å². The van der Waals surface area contributed by atoms with Gasteiger partial charge in [-0.05, 0) is 30.4 Å². The molecule has 110 valence electrons. The van der Waals surface area contributed by atoms with Crippen molar-refractivity contribution in [3.8, 4) is 0 Å². The summed E-state index contributed by atoms with van der Waals surface area (Å²) in [5, 5.41) is 11.6. The number of hydrogen-bond donors (Lipinski definition) is 2. The number of rotatable bonds is 3. The number of aliphatic carboxylic acids is 1. The van der Waals surface area contributed by atoms with E-state index in [2.05, 4.69) is 5.32 Å². The van der Waals surface area contributed by atoms with Crippen molar-refractivity contribution in [2.75, 3.05) is 5.32 Å². The average Bonchev–Trinajstić information content (AvgIpc) is 3.03. The molecule has 0 radical (unpaired) electrons. The van der Waals surface area contributed by atoms with E-state index in [0.29, 0.717) is 6.42 Å². The lowest BCUT2D eigenvalue weighted by Crippen LogP contribution is -2.36. The Hall–Kier alpha value is -2.24. The topological polar surface area (TPSA) is 66.4 Å². The van der Waals surface area contributed by atoms with Crippen LogP contribution in [0.5, 0.6) is 0 Å². The second kappa shape index (κ2) is 4.95. The number of halogens is 2. The third kappa shape index (κ3) is 2.30. The number of hydrogen-bond acceptors (Lipinski definition) is 2. The SMILES string of the molecule is O=C(O)[C@@H]1[C@H](C(=O)Nc2cc(F)ccc2F)[C@H]2C=C[C@H]1C2. The molecule has 4 nitrogen and oxygen atoms in total. The Bertz CT molecular complexity index is 644. The Labute approximate surface area is 119 Å². The molecule has 6 heteroatoms. The molecular formula is C15H13F2NO3. The van der Waals surface area contributed by atoms with Crippen LogP contribution in [0.2, 0.25) is 0 Å². The van der Waals surface area contributed by atoms with Crippen molar-refractivity contribution in [2.24, 2.45) is 23.7 Å². The van der Waals surface area contributed by atoms with E-state index in [1.165, 1.54) is 0 Å². The van der Waals surface area contributed by atoms with Crippen LogP contribution >= 0.6 is 0 Å². The summed E-state index contributed by atoms with van der Waals surface area (Å²) >= 11 is 0. The number of amides is 1. The lowest BCUT2D eigenvalue weighted by atomic mass is 9.82. The molecule has 0 spiro atoms. The molecule has 2 aliphatic carbocycles. The van der Waals surface area contributed by atoms with E-state index in [-0.39, 0.29) is 17.5 Å². The fourth-order valence-electron chi connectivity index (χ4n) is 3.33. The van der Waals surface area contributed by atoms with E-state index in [9.17, 15) is 23.5 Å². The van der Waals surface area contributed by atoms with Gasteiger partial charge in [0.05, 0.1) is 17.5 Å². The molecule has 0 heterocycles. The molecular weight excluding hydrogens is 280 g/mol. The van der Waals surface area contributed by atoms with Crippen molar-refractivity contribution in [1.82, 2.24) is 0 Å². The molecule has 1 aromatic rings. The van der Waals surface area contributed by atoms with Gasteiger partial charge in [-0.15, -0.1) is 0 Å². The number of nitrogens with one attached hydrogen (secondary N) is 1. The molecule has 0 saturated heterocycles. The Morgan fingerprint density at radius 3 is 2.48 bits per heavy atom. The zero-order valence-electron chi connectivity index (χ0n) is 10.9. The van der Waals surface area contributed by atoms with Gasteiger partial charge >= 0.3 is 5.97 Å². The predicted octanol–water partition coefficient (Wildman–Crippen LogP) is 2.43. The number of fused-ring (bicyclic) bond motifs is 2. The van der Waals surface area contributed by atoms with Gasteiger partial charge in [-0.1, -0.05) is 12.2 Å². The molecule has 0 unspecified atom stereocenters. The molecule has 2 N–H and O–H groups in total. The first-order valence-corrected chi connectivity index (χ1v) is 6.64. The van der Waals surface area contributed by atoms with Crippen LogP contribution in [0.15, 0.2) is 30.4 Å². The van der Waals surface area contributed by atoms with E-state index in [1.807, 2.05) is 12.2 Å². The van der Waals surface area contributed by atoms with Gasteiger partial charge in [0.25, 0.3) is 0 Å². The first kappa shape index (κ1) is 13.7. The zero-order chi connectivity index (χ0) is 15.1. The number of carboxylic acid groups (broad SMARTS) is 1. The zero-order valence-corrected chi connectivity index (χ0v) is 10.9. The Morgan fingerprint density at radius 2 is 1.81 bits per heavy atom. The fraction of sp³-hybridized carbons (Fsp3) is 0.333. The molecule has 1 saturated carbocycles. The van der Waals surface area contributed by atoms with Crippen LogP contribution in [-0.2, 0) is 9.59 Å². The van der Waals surface area contributed by atoms with Crippen molar-refractivity contribution in [3.63, 3.8) is 0 Å². The average molecular weight is 293 g/mol. The van der Waals surface area contributed by atoms with Crippen LogP contribution in [-0.4, -0.2) is 17.0 Å². The molecule has 21 heavy (non-hydrogen) atoms. The van der Waals surface area contributed by atoms with Gasteiger partial charge in [0, 0.05) is 6.07 Å². The van der Waals surface area contributed by atoms with Crippen molar-refractivity contribution >= 4 is 17.6 Å². The maximum Gasteiger partial charge on any atom is 0.307 e. The fourth-order valence-corrected chi connectivity index (χ4v) is 3.33. The third-order valence-electron chi connectivity index (χ3n) is 4.23. The third-order valence-corrected chi connectivity index (χ3v) is 4.23. The molecule has 1 fully saturated rings. The summed E-state index contributed by atoms with van der Waals surface area (Å²) in [5.74, 6) is -4.93. The van der Waals surface area contributed by atoms with Crippen LogP contribution in [0.1, 0.15) is 6.42 Å². The molecule has 3 rings (SSSR count). The highest BCUT2D eigenvalue weighted by Gasteiger charge is 2.51. The van der Waals surface area contributed by atoms with Crippen LogP contribution in [0, 0.1) is 35.3 Å². The molecule has 2 aliphatic rings. The first-order valence-electron chi connectivity index (χ1n) is 6.64. The first-order chi connectivity index (χ1) is 9.97. The van der Waals surface area contributed by atoms with Crippen LogP contribution in [0.3, 0.4) is 0 Å². The second-order valence-corrected chi connectivity index (χ2v) is 5.45. The number of allylic oxidation sites excluding steroid dienone is 2. The van der Waals surface area contributed by atoms with E-state index in [4.69, 9.17) is 0 Å². The molecule has 2 bridgehead atoms. The van der Waals surface area contributed by atoms with Gasteiger partial charge in [0.15, 0.2) is 0 Å². The quantitative estimate of drug-likeness (QED) is 0.841. The smallest absolute Gasteiger partial charge is 0.307 e. The molecule has 1 amide bonds. The summed E-state index contributed by atoms with van der Waals surface area (Å²) in [4.78, 5) is 23.6. The monoisotopic (exact) mass is 293 g/mol. The van der Waals surface area contributed by atoms with E-state index in [1.54, 1.807) is 0 Å². The molecule has 1 aromatic carbocycles. The summed E-state index contributed by atoms with van der Waals surface area (Å²) in [6, 6.07) is 2.75. The van der Waals surface area contributed by atoms with Gasteiger partial charge in [0.1, 0.15) is 11.6 Å². The number of anilines is 1. The van der Waals surface area contributed by atoms with Crippen molar-refractivity contribution in [2.45, 2.75) is 6.42 Å². The molecule has 4 atom stereocenters. The van der Waals surface area contributed by atoms with E-state index >= 15 is 0 Å². The summed E-state index contributed by atoms with van der Waals surface area (Å²) in [6.45, 7) is 0. The van der Waals surface area contributed by atoms with Crippen LogP contribution < -0.4 is 5.32 Å². The van der Waals surface area contributed by atoms with E-state index in [0.717, 1.165) is 18.2 Å². The van der Waals surface area contributed by atoms with Gasteiger partial charge in [0.2, 0.25) is 5.91 Å². The highest BCUT2D eigenvalue weighted by molar-refractivity contribution is 5.96. The Morgan fingerprint density at radius 1 is 1.14 bits per heavy atom. The molecule has 0 aliphatic heterocycles. The minimum absolute atomic E-state index is 0.160. The van der Waals surface area contributed by atoms with Gasteiger partial charge < -0.3 is 10.4 Å². The number of carbonyl (C=O) groups excluding carboxylic acids is 1. The predicted molar refractivity (Wildman–Crippen MR) is 70.3 cm³/mol. The Balaban J connectivity index is 1.83. The van der Waals surface area contributed by atoms with Crippen molar-refractivity contribution in [3.05, 3.63) is 42.0 Å². The lowest BCUT2D eigenvalue weighted by molar-refractivity contribution is -0.146. The minimum Gasteiger partial charge on any atom is -0.481 e. The normalized spacial score (nSPS) is 29.6. The molecule has 0 aromatic heterocycles. The van der Waals surface area contributed by atoms with Crippen molar-refractivity contribution in [1.29, 1.82) is 0 Å². The summed E-state index contributed by atoms with van der Waals surface area (Å²) in [5.41, 5.74) is -0.268. The maximum atomic E-state index is 13.5. The number of carboxylic acids is 1. The Kier molecular flexibility index (Phi) is 3.23. The summed E-state index contributed by atoms with van der Waals surface area (Å²) in [7, 11) is 0. The van der Waals surface area contributed by atoms with Crippen LogP contribution in [0.4, 0.5) is 14.5 Å². The van der Waals surface area contributed by atoms with E-state index < -0.39 is 35.3 Å². The maximum absolute atomic E-state index is 13.5. The lowest BCUT2D eigenvalue weighted by Gasteiger charge is -2.23. The standard InChI is InChI=1S/C15H13F2NO3/c16-9-3-4-10(17)11(6-9)18-14(19)12-7-1-2-8(5-7)13(12)15(20)21/h1-4,6-8,12-13H,5H2,(H,18,19)(H,20,21)/t7-,8-,12+,13-/m0/s1. The van der Waals surface area contributed by atoms with Gasteiger partial charge in [-0.25, -0.2) is 8.78 Å². The van der Waals surface area contributed by atoms with Gasteiger partial charge in [-0.3, -0.25) is 9.59 Å². The van der Waals surface area contributed by atoms with Crippen LogP contribution in [0.25, 0.3) is 0 Å². The highest BCUT2D eigenvalue weighted by Crippen LogP contribution is 2.48.